The molecule has 3 nitrogen and oxygen atoms in total. The molecule has 2 fully saturated rings. The van der Waals surface area contributed by atoms with Crippen molar-refractivity contribution in [1.29, 1.82) is 0 Å². The lowest BCUT2D eigenvalue weighted by atomic mass is 9.90. The molecular weight excluding hydrogens is 344 g/mol. The van der Waals surface area contributed by atoms with Gasteiger partial charge in [0.2, 0.25) is 0 Å². The van der Waals surface area contributed by atoms with E-state index < -0.39 is 0 Å². The molecule has 0 radical (unpaired) electrons. The third-order valence-electron chi connectivity index (χ3n) is 6.68. The molecule has 0 aliphatic carbocycles. The minimum atomic E-state index is 0.934. The topological polar surface area (TPSA) is 15.7 Å². The Kier molecular flexibility index (Phi) is 10.4. The van der Waals surface area contributed by atoms with E-state index >= 15 is 0 Å². The van der Waals surface area contributed by atoms with E-state index in [0.29, 0.717) is 0 Å². The van der Waals surface area contributed by atoms with Gasteiger partial charge < -0.3 is 9.64 Å². The molecule has 2 saturated heterocycles. The first-order valence-corrected chi connectivity index (χ1v) is 12.0. The minimum Gasteiger partial charge on any atom is -0.379 e. The number of nitrogens with zero attached hydrogens (tertiary/aromatic N) is 2. The second-order valence-corrected chi connectivity index (χ2v) is 8.88. The first-order chi connectivity index (χ1) is 13.9. The molecule has 158 valence electrons. The summed E-state index contributed by atoms with van der Waals surface area (Å²) in [6, 6.07) is 11.0. The lowest BCUT2D eigenvalue weighted by Gasteiger charge is -2.32. The van der Waals surface area contributed by atoms with Crippen molar-refractivity contribution in [3.63, 3.8) is 0 Å². The Labute approximate surface area is 173 Å². The third kappa shape index (κ3) is 8.63. The first-order valence-electron chi connectivity index (χ1n) is 12.0. The highest BCUT2D eigenvalue weighted by Crippen LogP contribution is 2.23. The molecule has 0 aromatic heterocycles. The lowest BCUT2D eigenvalue weighted by molar-refractivity contribution is 0.0371. The fourth-order valence-electron chi connectivity index (χ4n) is 4.76. The van der Waals surface area contributed by atoms with Crippen LogP contribution in [0.15, 0.2) is 30.3 Å². The van der Waals surface area contributed by atoms with Crippen LogP contribution in [0.5, 0.6) is 0 Å². The van der Waals surface area contributed by atoms with E-state index in [-0.39, 0.29) is 0 Å². The maximum absolute atomic E-state index is 5.41. The molecule has 2 aliphatic heterocycles. The van der Waals surface area contributed by atoms with Gasteiger partial charge in [0, 0.05) is 13.1 Å². The van der Waals surface area contributed by atoms with Crippen LogP contribution in [-0.2, 0) is 11.2 Å². The van der Waals surface area contributed by atoms with E-state index in [0.717, 1.165) is 32.2 Å². The molecule has 1 aromatic rings. The second-order valence-electron chi connectivity index (χ2n) is 8.88. The van der Waals surface area contributed by atoms with Crippen LogP contribution in [0.3, 0.4) is 0 Å². The molecule has 0 N–H and O–H groups in total. The van der Waals surface area contributed by atoms with Gasteiger partial charge in [0.05, 0.1) is 13.2 Å². The minimum absolute atomic E-state index is 0.934. The van der Waals surface area contributed by atoms with Gasteiger partial charge in [-0.15, -0.1) is 0 Å². The van der Waals surface area contributed by atoms with Crippen LogP contribution in [0.1, 0.15) is 63.4 Å². The third-order valence-corrected chi connectivity index (χ3v) is 6.68. The smallest absolute Gasteiger partial charge is 0.0594 e. The average molecular weight is 387 g/mol. The summed E-state index contributed by atoms with van der Waals surface area (Å²) in [4.78, 5) is 5.29. The number of unbranched alkanes of at least 4 members (excludes halogenated alkanes) is 4. The Morgan fingerprint density at radius 2 is 1.32 bits per heavy atom. The van der Waals surface area contributed by atoms with Crippen molar-refractivity contribution in [1.82, 2.24) is 9.80 Å². The van der Waals surface area contributed by atoms with Crippen molar-refractivity contribution in [3.05, 3.63) is 35.9 Å². The summed E-state index contributed by atoms with van der Waals surface area (Å²) >= 11 is 0. The zero-order valence-corrected chi connectivity index (χ0v) is 18.0. The fraction of sp³-hybridized carbons (Fsp3) is 0.760. The molecule has 0 unspecified atom stereocenters. The first kappa shape index (κ1) is 21.8. The van der Waals surface area contributed by atoms with Gasteiger partial charge in [-0.05, 0) is 76.2 Å². The van der Waals surface area contributed by atoms with E-state index in [4.69, 9.17) is 4.74 Å². The summed E-state index contributed by atoms with van der Waals surface area (Å²) in [6.07, 6.45) is 13.9. The SMILES string of the molecule is c1ccc(CCCC2CCN(CCCCCCCN3CCOCC3)CC2)cc1. The van der Waals surface area contributed by atoms with Gasteiger partial charge in [-0.1, -0.05) is 56.0 Å². The summed E-state index contributed by atoms with van der Waals surface area (Å²) < 4.78 is 5.41. The standard InChI is InChI=1S/C25H42N2O/c1(3-8-17-27-20-22-28-23-21-27)2-7-16-26-18-14-25(15-19-26)13-9-12-24-10-5-4-6-11-24/h4-6,10-11,25H,1-3,7-9,12-23H2. The molecular formula is C25H42N2O. The molecule has 3 heteroatoms. The molecule has 28 heavy (non-hydrogen) atoms. The number of hydrogen-bond acceptors (Lipinski definition) is 3. The van der Waals surface area contributed by atoms with Crippen LogP contribution < -0.4 is 0 Å². The van der Waals surface area contributed by atoms with Gasteiger partial charge in [0.1, 0.15) is 0 Å². The summed E-state index contributed by atoms with van der Waals surface area (Å²) in [5.41, 5.74) is 1.50. The lowest BCUT2D eigenvalue weighted by Crippen LogP contribution is -2.36. The molecule has 0 atom stereocenters. The highest BCUT2D eigenvalue weighted by atomic mass is 16.5. The number of benzene rings is 1. The summed E-state index contributed by atoms with van der Waals surface area (Å²) in [5, 5.41) is 0. The number of piperidine rings is 1. The van der Waals surface area contributed by atoms with Gasteiger partial charge >= 0.3 is 0 Å². The fourth-order valence-corrected chi connectivity index (χ4v) is 4.76. The van der Waals surface area contributed by atoms with Crippen molar-refractivity contribution in [2.45, 2.75) is 64.2 Å². The Balaban J connectivity index is 1.12. The largest absolute Gasteiger partial charge is 0.379 e. The van der Waals surface area contributed by atoms with E-state index in [1.165, 1.54) is 96.0 Å². The van der Waals surface area contributed by atoms with Crippen molar-refractivity contribution in [2.24, 2.45) is 5.92 Å². The monoisotopic (exact) mass is 386 g/mol. The zero-order valence-electron chi connectivity index (χ0n) is 18.0. The molecule has 0 bridgehead atoms. The summed E-state index contributed by atoms with van der Waals surface area (Å²) in [6.45, 7) is 9.44. The van der Waals surface area contributed by atoms with E-state index in [1.807, 2.05) is 0 Å². The van der Waals surface area contributed by atoms with Crippen LogP contribution in [0.4, 0.5) is 0 Å². The zero-order chi connectivity index (χ0) is 19.3. The predicted molar refractivity (Wildman–Crippen MR) is 119 cm³/mol. The van der Waals surface area contributed by atoms with Crippen LogP contribution in [-0.4, -0.2) is 62.3 Å². The number of ether oxygens (including phenoxy) is 1. The maximum Gasteiger partial charge on any atom is 0.0594 e. The second kappa shape index (κ2) is 13.3. The number of hydrogen-bond donors (Lipinski definition) is 0. The van der Waals surface area contributed by atoms with E-state index in [2.05, 4.69) is 40.1 Å². The maximum atomic E-state index is 5.41. The van der Waals surface area contributed by atoms with Crippen molar-refractivity contribution in [2.75, 3.05) is 52.5 Å². The molecule has 0 spiro atoms. The molecule has 0 amide bonds. The molecule has 2 aliphatic rings. The van der Waals surface area contributed by atoms with Gasteiger partial charge in [-0.2, -0.15) is 0 Å². The van der Waals surface area contributed by atoms with Crippen LogP contribution in [0.25, 0.3) is 0 Å². The Morgan fingerprint density at radius 1 is 0.714 bits per heavy atom. The van der Waals surface area contributed by atoms with Crippen LogP contribution in [0, 0.1) is 5.92 Å². The van der Waals surface area contributed by atoms with Crippen molar-refractivity contribution in [3.8, 4) is 0 Å². The quantitative estimate of drug-likeness (QED) is 0.470. The number of morpholine rings is 1. The highest BCUT2D eigenvalue weighted by molar-refractivity contribution is 5.14. The van der Waals surface area contributed by atoms with E-state index in [9.17, 15) is 0 Å². The normalized spacial score (nSPS) is 19.9. The van der Waals surface area contributed by atoms with Crippen LogP contribution in [0.2, 0.25) is 0 Å². The van der Waals surface area contributed by atoms with Gasteiger partial charge in [-0.3, -0.25) is 4.90 Å². The number of likely N-dealkylation sites (tertiary alicyclic amines) is 1. The predicted octanol–water partition coefficient (Wildman–Crippen LogP) is 5.00. The summed E-state index contributed by atoms with van der Waals surface area (Å²) in [7, 11) is 0. The van der Waals surface area contributed by atoms with Crippen molar-refractivity contribution < 1.29 is 4.74 Å². The number of aryl methyl sites for hydroxylation is 1. The Hall–Kier alpha value is -0.900. The molecule has 2 heterocycles. The molecule has 1 aromatic carbocycles. The van der Waals surface area contributed by atoms with Gasteiger partial charge in [0.25, 0.3) is 0 Å². The van der Waals surface area contributed by atoms with E-state index in [1.54, 1.807) is 0 Å². The highest BCUT2D eigenvalue weighted by Gasteiger charge is 2.18. The van der Waals surface area contributed by atoms with Crippen molar-refractivity contribution >= 4 is 0 Å². The van der Waals surface area contributed by atoms with Gasteiger partial charge in [0.15, 0.2) is 0 Å². The Morgan fingerprint density at radius 3 is 2.00 bits per heavy atom. The summed E-state index contributed by atoms with van der Waals surface area (Å²) in [5.74, 6) is 0.972. The number of rotatable bonds is 12. The Bertz CT molecular complexity index is 493. The average Bonchev–Trinajstić information content (AvgIpc) is 2.76. The van der Waals surface area contributed by atoms with Crippen LogP contribution >= 0.6 is 0 Å². The molecule has 3 rings (SSSR count). The molecule has 0 saturated carbocycles. The van der Waals surface area contributed by atoms with Gasteiger partial charge in [-0.25, -0.2) is 0 Å².